The van der Waals surface area contributed by atoms with Crippen LogP contribution in [0.2, 0.25) is 0 Å². The molecule has 1 aliphatic rings. The lowest BCUT2D eigenvalue weighted by molar-refractivity contribution is -0.144. The normalized spacial score (nSPS) is 31.3. The van der Waals surface area contributed by atoms with Crippen molar-refractivity contribution in [1.29, 1.82) is 0 Å². The van der Waals surface area contributed by atoms with Crippen LogP contribution in [0.4, 0.5) is 13.2 Å². The molecule has 0 radical (unpaired) electrons. The predicted octanol–water partition coefficient (Wildman–Crippen LogP) is 4.38. The first kappa shape index (κ1) is 15.8. The zero-order valence-electron chi connectivity index (χ0n) is 11.7. The second kappa shape index (κ2) is 6.78. The molecule has 0 heterocycles. The van der Waals surface area contributed by atoms with Crippen molar-refractivity contribution < 1.29 is 13.2 Å². The quantitative estimate of drug-likeness (QED) is 0.778. The SMILES string of the molecule is CCCNC(CC(F)(F)F)C1CC(C)CC(C)C1. The van der Waals surface area contributed by atoms with Crippen molar-refractivity contribution in [3.05, 3.63) is 0 Å². The zero-order valence-corrected chi connectivity index (χ0v) is 11.7. The zero-order chi connectivity index (χ0) is 13.8. The molecular formula is C14H26F3N. The van der Waals surface area contributed by atoms with Gasteiger partial charge in [-0.25, -0.2) is 0 Å². The van der Waals surface area contributed by atoms with Crippen molar-refractivity contribution in [1.82, 2.24) is 5.32 Å². The number of hydrogen-bond acceptors (Lipinski definition) is 1. The third-order valence-electron chi connectivity index (χ3n) is 3.89. The van der Waals surface area contributed by atoms with E-state index in [0.29, 0.717) is 18.4 Å². The van der Waals surface area contributed by atoms with Gasteiger partial charge in [0, 0.05) is 6.04 Å². The van der Waals surface area contributed by atoms with Gasteiger partial charge in [0.25, 0.3) is 0 Å². The average molecular weight is 265 g/mol. The highest BCUT2D eigenvalue weighted by molar-refractivity contribution is 4.85. The van der Waals surface area contributed by atoms with Crippen LogP contribution in [-0.4, -0.2) is 18.8 Å². The smallest absolute Gasteiger partial charge is 0.313 e. The second-order valence-corrected chi connectivity index (χ2v) is 6.06. The topological polar surface area (TPSA) is 12.0 Å². The molecular weight excluding hydrogens is 239 g/mol. The first-order valence-electron chi connectivity index (χ1n) is 7.12. The molecule has 18 heavy (non-hydrogen) atoms. The fourth-order valence-electron chi connectivity index (χ4n) is 3.32. The number of nitrogens with one attached hydrogen (secondary N) is 1. The predicted molar refractivity (Wildman–Crippen MR) is 68.4 cm³/mol. The highest BCUT2D eigenvalue weighted by Crippen LogP contribution is 2.37. The number of alkyl halides is 3. The lowest BCUT2D eigenvalue weighted by atomic mass is 9.73. The number of hydrogen-bond donors (Lipinski definition) is 1. The molecule has 1 saturated carbocycles. The van der Waals surface area contributed by atoms with Crippen LogP contribution in [0, 0.1) is 17.8 Å². The van der Waals surface area contributed by atoms with Gasteiger partial charge in [-0.1, -0.05) is 20.8 Å². The Labute approximate surface area is 109 Å². The summed E-state index contributed by atoms with van der Waals surface area (Å²) in [6.45, 7) is 6.99. The van der Waals surface area contributed by atoms with E-state index in [9.17, 15) is 13.2 Å². The van der Waals surface area contributed by atoms with E-state index in [2.05, 4.69) is 19.2 Å². The molecule has 1 nitrogen and oxygen atoms in total. The summed E-state index contributed by atoms with van der Waals surface area (Å²) in [5, 5.41) is 3.12. The van der Waals surface area contributed by atoms with Crippen LogP contribution < -0.4 is 5.32 Å². The molecule has 0 bridgehead atoms. The molecule has 0 aromatic carbocycles. The summed E-state index contributed by atoms with van der Waals surface area (Å²) in [4.78, 5) is 0. The summed E-state index contributed by atoms with van der Waals surface area (Å²) in [7, 11) is 0. The standard InChI is InChI=1S/C14H26F3N/c1-4-5-18-13(9-14(15,16)17)12-7-10(2)6-11(3)8-12/h10-13,18H,4-9H2,1-3H3. The Morgan fingerprint density at radius 2 is 1.67 bits per heavy atom. The molecule has 0 aromatic rings. The summed E-state index contributed by atoms with van der Waals surface area (Å²) in [5.41, 5.74) is 0. The van der Waals surface area contributed by atoms with Gasteiger partial charge in [0.2, 0.25) is 0 Å². The Hall–Kier alpha value is -0.250. The van der Waals surface area contributed by atoms with Gasteiger partial charge in [0.15, 0.2) is 0 Å². The van der Waals surface area contributed by atoms with E-state index in [4.69, 9.17) is 0 Å². The molecule has 4 heteroatoms. The van der Waals surface area contributed by atoms with Crippen molar-refractivity contribution in [3.8, 4) is 0 Å². The molecule has 3 atom stereocenters. The van der Waals surface area contributed by atoms with Crippen LogP contribution in [0.25, 0.3) is 0 Å². The van der Waals surface area contributed by atoms with Crippen LogP contribution >= 0.6 is 0 Å². The van der Waals surface area contributed by atoms with E-state index in [-0.39, 0.29) is 5.92 Å². The minimum Gasteiger partial charge on any atom is -0.313 e. The van der Waals surface area contributed by atoms with Crippen molar-refractivity contribution in [2.45, 2.75) is 65.1 Å². The number of rotatable bonds is 5. The summed E-state index contributed by atoms with van der Waals surface area (Å²) >= 11 is 0. The summed E-state index contributed by atoms with van der Waals surface area (Å²) in [6, 6.07) is -0.393. The minimum atomic E-state index is -4.06. The Bertz CT molecular complexity index is 230. The molecule has 0 amide bonds. The monoisotopic (exact) mass is 265 g/mol. The van der Waals surface area contributed by atoms with E-state index in [1.165, 1.54) is 0 Å². The fraction of sp³-hybridized carbons (Fsp3) is 1.00. The van der Waals surface area contributed by atoms with Crippen LogP contribution in [0.3, 0.4) is 0 Å². The summed E-state index contributed by atoms with van der Waals surface area (Å²) in [6.07, 6.45) is -0.842. The molecule has 3 unspecified atom stereocenters. The van der Waals surface area contributed by atoms with Crippen LogP contribution in [-0.2, 0) is 0 Å². The third kappa shape index (κ3) is 5.59. The van der Waals surface area contributed by atoms with E-state index in [1.807, 2.05) is 6.92 Å². The maximum Gasteiger partial charge on any atom is 0.390 e. The Kier molecular flexibility index (Phi) is 5.96. The van der Waals surface area contributed by atoms with Gasteiger partial charge in [-0.2, -0.15) is 13.2 Å². The van der Waals surface area contributed by atoms with E-state index in [0.717, 1.165) is 25.7 Å². The van der Waals surface area contributed by atoms with Crippen molar-refractivity contribution in [3.63, 3.8) is 0 Å². The van der Waals surface area contributed by atoms with Crippen molar-refractivity contribution in [2.24, 2.45) is 17.8 Å². The Morgan fingerprint density at radius 1 is 1.11 bits per heavy atom. The molecule has 1 fully saturated rings. The van der Waals surface area contributed by atoms with Crippen LogP contribution in [0.1, 0.15) is 52.9 Å². The largest absolute Gasteiger partial charge is 0.390 e. The summed E-state index contributed by atoms with van der Waals surface area (Å²) < 4.78 is 37.9. The van der Waals surface area contributed by atoms with E-state index >= 15 is 0 Å². The van der Waals surface area contributed by atoms with Gasteiger partial charge in [0.05, 0.1) is 6.42 Å². The van der Waals surface area contributed by atoms with Crippen LogP contribution in [0.5, 0.6) is 0 Å². The molecule has 0 saturated heterocycles. The van der Waals surface area contributed by atoms with Crippen molar-refractivity contribution in [2.75, 3.05) is 6.54 Å². The summed E-state index contributed by atoms with van der Waals surface area (Å²) in [5.74, 6) is 1.28. The minimum absolute atomic E-state index is 0.178. The fourth-order valence-corrected chi connectivity index (χ4v) is 3.32. The molecule has 1 aliphatic carbocycles. The average Bonchev–Trinajstić information content (AvgIpc) is 2.21. The van der Waals surface area contributed by atoms with Crippen LogP contribution in [0.15, 0.2) is 0 Å². The first-order valence-corrected chi connectivity index (χ1v) is 7.12. The van der Waals surface area contributed by atoms with E-state index in [1.54, 1.807) is 0 Å². The Morgan fingerprint density at radius 3 is 2.11 bits per heavy atom. The highest BCUT2D eigenvalue weighted by Gasteiger charge is 2.37. The van der Waals surface area contributed by atoms with Gasteiger partial charge in [-0.15, -0.1) is 0 Å². The van der Waals surface area contributed by atoms with Crippen molar-refractivity contribution >= 4 is 0 Å². The Balaban J connectivity index is 2.62. The van der Waals surface area contributed by atoms with E-state index < -0.39 is 18.6 Å². The molecule has 108 valence electrons. The van der Waals surface area contributed by atoms with Gasteiger partial charge in [-0.3, -0.25) is 0 Å². The highest BCUT2D eigenvalue weighted by atomic mass is 19.4. The molecule has 1 rings (SSSR count). The molecule has 0 aliphatic heterocycles. The van der Waals surface area contributed by atoms with Gasteiger partial charge in [-0.05, 0) is 50.0 Å². The van der Waals surface area contributed by atoms with Gasteiger partial charge in [0.1, 0.15) is 0 Å². The van der Waals surface area contributed by atoms with Gasteiger partial charge < -0.3 is 5.32 Å². The number of halogens is 3. The molecule has 1 N–H and O–H groups in total. The lowest BCUT2D eigenvalue weighted by Gasteiger charge is -2.37. The molecule has 0 aromatic heterocycles. The maximum absolute atomic E-state index is 12.6. The van der Waals surface area contributed by atoms with Gasteiger partial charge >= 0.3 is 6.18 Å². The third-order valence-corrected chi connectivity index (χ3v) is 3.89. The lowest BCUT2D eigenvalue weighted by Crippen LogP contribution is -2.43. The molecule has 0 spiro atoms. The second-order valence-electron chi connectivity index (χ2n) is 6.06. The maximum atomic E-state index is 12.6. The first-order chi connectivity index (χ1) is 8.31.